The molecule has 6 nitrogen and oxygen atoms in total. The van der Waals surface area contributed by atoms with Crippen molar-refractivity contribution >= 4 is 27.3 Å². The average Bonchev–Trinajstić information content (AvgIpc) is 3.16. The molecule has 1 aliphatic heterocycles. The summed E-state index contributed by atoms with van der Waals surface area (Å²) in [4.78, 5) is 11.9. The molecule has 1 atom stereocenters. The van der Waals surface area contributed by atoms with Crippen molar-refractivity contribution in [2.45, 2.75) is 30.0 Å². The Balaban J connectivity index is 1.78. The highest BCUT2D eigenvalue weighted by Gasteiger charge is 2.31. The minimum Gasteiger partial charge on any atom is -0.368 e. The molecule has 150 valence electrons. The third-order valence-electron chi connectivity index (χ3n) is 4.08. The van der Waals surface area contributed by atoms with E-state index in [4.69, 9.17) is 4.74 Å². The van der Waals surface area contributed by atoms with Crippen LogP contribution in [-0.4, -0.2) is 27.0 Å². The number of alkyl halides is 3. The second kappa shape index (κ2) is 7.80. The van der Waals surface area contributed by atoms with Gasteiger partial charge < -0.3 is 10.1 Å². The molecule has 10 heteroatoms. The van der Waals surface area contributed by atoms with E-state index in [2.05, 4.69) is 10.0 Å². The van der Waals surface area contributed by atoms with E-state index in [1.165, 1.54) is 30.3 Å². The molecule has 1 unspecified atom stereocenters. The van der Waals surface area contributed by atoms with Crippen LogP contribution in [0.4, 0.5) is 24.5 Å². The van der Waals surface area contributed by atoms with Crippen molar-refractivity contribution in [1.29, 1.82) is 0 Å². The topological polar surface area (TPSA) is 84.5 Å². The Bertz CT molecular complexity index is 971. The van der Waals surface area contributed by atoms with Gasteiger partial charge >= 0.3 is 6.18 Å². The van der Waals surface area contributed by atoms with Gasteiger partial charge in [0, 0.05) is 18.0 Å². The second-order valence-electron chi connectivity index (χ2n) is 6.20. The van der Waals surface area contributed by atoms with Gasteiger partial charge in [0.05, 0.1) is 10.5 Å². The first-order valence-corrected chi connectivity index (χ1v) is 9.86. The van der Waals surface area contributed by atoms with Crippen LogP contribution in [0.2, 0.25) is 0 Å². The minimum absolute atomic E-state index is 0.199. The van der Waals surface area contributed by atoms with E-state index in [-0.39, 0.29) is 22.2 Å². The zero-order valence-electron chi connectivity index (χ0n) is 14.5. The van der Waals surface area contributed by atoms with Crippen LogP contribution in [0.3, 0.4) is 0 Å². The molecular formula is C18H17F3N2O4S. The maximum atomic E-state index is 12.8. The third-order valence-corrected chi connectivity index (χ3v) is 5.46. The number of carbonyl (C=O) groups is 1. The zero-order chi connectivity index (χ0) is 20.4. The van der Waals surface area contributed by atoms with E-state index in [1.807, 2.05) is 0 Å². The lowest BCUT2D eigenvalue weighted by molar-refractivity contribution is -0.137. The van der Waals surface area contributed by atoms with Gasteiger partial charge in [-0.05, 0) is 49.2 Å². The summed E-state index contributed by atoms with van der Waals surface area (Å²) >= 11 is 0. The molecule has 1 saturated heterocycles. The predicted octanol–water partition coefficient (Wildman–Crippen LogP) is 3.62. The van der Waals surface area contributed by atoms with Crippen LogP contribution in [0, 0.1) is 0 Å². The predicted molar refractivity (Wildman–Crippen MR) is 96.3 cm³/mol. The Kier molecular flexibility index (Phi) is 5.61. The summed E-state index contributed by atoms with van der Waals surface area (Å²) < 4.78 is 70.8. The molecule has 1 amide bonds. The van der Waals surface area contributed by atoms with Crippen molar-refractivity contribution < 1.29 is 31.1 Å². The fourth-order valence-electron chi connectivity index (χ4n) is 2.72. The first-order valence-electron chi connectivity index (χ1n) is 8.38. The number of hydrogen-bond donors (Lipinski definition) is 2. The van der Waals surface area contributed by atoms with Crippen molar-refractivity contribution in [3.05, 3.63) is 54.1 Å². The number of halogens is 3. The smallest absolute Gasteiger partial charge is 0.368 e. The highest BCUT2D eigenvalue weighted by molar-refractivity contribution is 7.92. The normalized spacial score (nSPS) is 17.3. The van der Waals surface area contributed by atoms with Gasteiger partial charge in [0.2, 0.25) is 0 Å². The monoisotopic (exact) mass is 414 g/mol. The number of ether oxygens (including phenoxy) is 1. The number of carbonyl (C=O) groups excluding carboxylic acids is 1. The molecule has 3 rings (SSSR count). The summed E-state index contributed by atoms with van der Waals surface area (Å²) in [6.45, 7) is 0.493. The van der Waals surface area contributed by atoms with E-state index in [9.17, 15) is 26.4 Å². The number of rotatable bonds is 5. The van der Waals surface area contributed by atoms with Crippen LogP contribution in [-0.2, 0) is 25.7 Å². The number of amides is 1. The van der Waals surface area contributed by atoms with Crippen molar-refractivity contribution in [2.24, 2.45) is 0 Å². The first kappa shape index (κ1) is 20.2. The van der Waals surface area contributed by atoms with E-state index >= 15 is 0 Å². The van der Waals surface area contributed by atoms with E-state index in [1.54, 1.807) is 0 Å². The molecule has 0 radical (unpaired) electrons. The van der Waals surface area contributed by atoms with E-state index < -0.39 is 27.9 Å². The Morgan fingerprint density at radius 1 is 1.07 bits per heavy atom. The molecule has 0 spiro atoms. The third kappa shape index (κ3) is 4.82. The van der Waals surface area contributed by atoms with Crippen LogP contribution in [0.15, 0.2) is 53.4 Å². The molecule has 2 aromatic carbocycles. The van der Waals surface area contributed by atoms with E-state index in [0.29, 0.717) is 19.1 Å². The molecule has 2 aromatic rings. The first-order chi connectivity index (χ1) is 13.1. The van der Waals surface area contributed by atoms with Gasteiger partial charge in [-0.15, -0.1) is 0 Å². The Hall–Kier alpha value is -2.59. The summed E-state index contributed by atoms with van der Waals surface area (Å²) in [7, 11) is -4.15. The van der Waals surface area contributed by atoms with Crippen LogP contribution >= 0.6 is 0 Å². The maximum Gasteiger partial charge on any atom is 0.416 e. The van der Waals surface area contributed by atoms with Gasteiger partial charge in [-0.1, -0.05) is 12.1 Å². The van der Waals surface area contributed by atoms with Crippen molar-refractivity contribution in [3.63, 3.8) is 0 Å². The molecule has 1 fully saturated rings. The lowest BCUT2D eigenvalue weighted by Crippen LogP contribution is -2.27. The fraction of sp³-hybridized carbons (Fsp3) is 0.278. The Morgan fingerprint density at radius 2 is 1.79 bits per heavy atom. The highest BCUT2D eigenvalue weighted by atomic mass is 32.2. The van der Waals surface area contributed by atoms with Crippen LogP contribution in [0.25, 0.3) is 0 Å². The Labute approximate surface area is 159 Å². The number of nitrogens with one attached hydrogen (secondary N) is 2. The summed E-state index contributed by atoms with van der Waals surface area (Å²) in [6, 6.07) is 9.32. The summed E-state index contributed by atoms with van der Waals surface area (Å²) in [5.41, 5.74) is -0.943. The van der Waals surface area contributed by atoms with Gasteiger partial charge in [-0.3, -0.25) is 9.52 Å². The lowest BCUT2D eigenvalue weighted by atomic mass is 10.2. The molecule has 0 bridgehead atoms. The summed E-state index contributed by atoms with van der Waals surface area (Å²) in [5.74, 6) is -0.377. The number of anilines is 2. The number of hydrogen-bond acceptors (Lipinski definition) is 4. The SMILES string of the molecule is O=C(Nc1cccc(S(=O)(=O)Nc2cccc(C(F)(F)F)c2)c1)C1CCCO1. The molecule has 1 aliphatic rings. The molecule has 1 heterocycles. The van der Waals surface area contributed by atoms with Gasteiger partial charge in [-0.2, -0.15) is 13.2 Å². The standard InChI is InChI=1S/C18H17F3N2O4S/c19-18(20,21)12-4-1-6-14(10-12)23-28(25,26)15-7-2-5-13(11-15)22-17(24)16-8-3-9-27-16/h1-2,4-7,10-11,16,23H,3,8-9H2,(H,22,24). The van der Waals surface area contributed by atoms with Crippen LogP contribution in [0.5, 0.6) is 0 Å². The largest absolute Gasteiger partial charge is 0.416 e. The second-order valence-corrected chi connectivity index (χ2v) is 7.89. The fourth-order valence-corrected chi connectivity index (χ4v) is 3.82. The van der Waals surface area contributed by atoms with Gasteiger partial charge in [0.15, 0.2) is 0 Å². The van der Waals surface area contributed by atoms with Gasteiger partial charge in [-0.25, -0.2) is 8.42 Å². The number of sulfonamides is 1. The molecule has 0 saturated carbocycles. The van der Waals surface area contributed by atoms with Gasteiger partial charge in [0.1, 0.15) is 6.10 Å². The molecule has 2 N–H and O–H groups in total. The average molecular weight is 414 g/mol. The quantitative estimate of drug-likeness (QED) is 0.783. The van der Waals surface area contributed by atoms with Crippen LogP contribution in [0.1, 0.15) is 18.4 Å². The molecule has 0 aliphatic carbocycles. The van der Waals surface area contributed by atoms with E-state index in [0.717, 1.165) is 18.6 Å². The van der Waals surface area contributed by atoms with Gasteiger partial charge in [0.25, 0.3) is 15.9 Å². The van der Waals surface area contributed by atoms with Crippen molar-refractivity contribution in [1.82, 2.24) is 0 Å². The molecule has 28 heavy (non-hydrogen) atoms. The molecule has 0 aromatic heterocycles. The maximum absolute atomic E-state index is 12.8. The van der Waals surface area contributed by atoms with Crippen molar-refractivity contribution in [3.8, 4) is 0 Å². The van der Waals surface area contributed by atoms with Crippen molar-refractivity contribution in [2.75, 3.05) is 16.6 Å². The van der Waals surface area contributed by atoms with Crippen LogP contribution < -0.4 is 10.0 Å². The summed E-state index contributed by atoms with van der Waals surface area (Å²) in [5, 5.41) is 2.58. The minimum atomic E-state index is -4.59. The highest BCUT2D eigenvalue weighted by Crippen LogP contribution is 2.31. The molecular weight excluding hydrogens is 397 g/mol. The Morgan fingerprint density at radius 3 is 2.46 bits per heavy atom. The zero-order valence-corrected chi connectivity index (χ0v) is 15.3. The number of benzene rings is 2. The summed E-state index contributed by atoms with van der Waals surface area (Å²) in [6.07, 6.45) is -3.81. The lowest BCUT2D eigenvalue weighted by Gasteiger charge is -2.13.